The van der Waals surface area contributed by atoms with Crippen molar-refractivity contribution in [3.05, 3.63) is 41.5 Å². The van der Waals surface area contributed by atoms with Crippen LogP contribution in [0.25, 0.3) is 0 Å². The van der Waals surface area contributed by atoms with Crippen LogP contribution in [-0.4, -0.2) is 14.8 Å². The van der Waals surface area contributed by atoms with Crippen molar-refractivity contribution in [2.24, 2.45) is 0 Å². The first-order chi connectivity index (χ1) is 9.33. The maximum absolute atomic E-state index is 5.79. The Kier molecular flexibility index (Phi) is 3.49. The summed E-state index contributed by atoms with van der Waals surface area (Å²) < 4.78 is 8.01. The van der Waals surface area contributed by atoms with E-state index in [-0.39, 0.29) is 0 Å². The molecule has 100 valence electrons. The van der Waals surface area contributed by atoms with E-state index in [0.29, 0.717) is 6.61 Å². The Labute approximate surface area is 113 Å². The molecule has 0 atom stereocenters. The standard InChI is InChI=1S/C15H19N3O/c1-12-6-8-13(9-7-12)19-11-15-17-16-14-5-3-2-4-10-18(14)15/h6-9H,2-5,10-11H2,1H3. The highest BCUT2D eigenvalue weighted by molar-refractivity contribution is 5.26. The van der Waals surface area contributed by atoms with Crippen LogP contribution < -0.4 is 4.74 Å². The molecule has 1 aliphatic heterocycles. The molecule has 2 heterocycles. The van der Waals surface area contributed by atoms with Gasteiger partial charge in [-0.2, -0.15) is 0 Å². The second kappa shape index (κ2) is 5.43. The molecule has 4 nitrogen and oxygen atoms in total. The van der Waals surface area contributed by atoms with Crippen LogP contribution >= 0.6 is 0 Å². The second-order valence-electron chi connectivity index (χ2n) is 5.10. The van der Waals surface area contributed by atoms with E-state index in [0.717, 1.165) is 30.4 Å². The number of rotatable bonds is 3. The first-order valence-electron chi connectivity index (χ1n) is 6.93. The lowest BCUT2D eigenvalue weighted by atomic mass is 10.2. The van der Waals surface area contributed by atoms with Gasteiger partial charge in [-0.3, -0.25) is 0 Å². The normalized spacial score (nSPS) is 14.8. The summed E-state index contributed by atoms with van der Waals surface area (Å²) >= 11 is 0. The van der Waals surface area contributed by atoms with Crippen LogP contribution in [0.15, 0.2) is 24.3 Å². The van der Waals surface area contributed by atoms with Crippen LogP contribution in [0.2, 0.25) is 0 Å². The molecule has 1 aliphatic rings. The number of nitrogens with zero attached hydrogens (tertiary/aromatic N) is 3. The molecule has 2 aromatic rings. The summed E-state index contributed by atoms with van der Waals surface area (Å²) in [6.45, 7) is 3.59. The zero-order valence-electron chi connectivity index (χ0n) is 11.3. The summed E-state index contributed by atoms with van der Waals surface area (Å²) in [7, 11) is 0. The van der Waals surface area contributed by atoms with Crippen molar-refractivity contribution in [1.82, 2.24) is 14.8 Å². The Morgan fingerprint density at radius 2 is 1.95 bits per heavy atom. The summed E-state index contributed by atoms with van der Waals surface area (Å²) in [5.41, 5.74) is 1.24. The Hall–Kier alpha value is -1.84. The molecule has 0 bridgehead atoms. The third-order valence-corrected chi connectivity index (χ3v) is 3.58. The molecule has 0 N–H and O–H groups in total. The van der Waals surface area contributed by atoms with Gasteiger partial charge in [0.1, 0.15) is 18.2 Å². The van der Waals surface area contributed by atoms with Gasteiger partial charge in [0.25, 0.3) is 0 Å². The average Bonchev–Trinajstić information content (AvgIpc) is 2.66. The average molecular weight is 257 g/mol. The van der Waals surface area contributed by atoms with E-state index in [1.54, 1.807) is 0 Å². The molecule has 0 spiro atoms. The molecule has 0 radical (unpaired) electrons. The summed E-state index contributed by atoms with van der Waals surface area (Å²) in [4.78, 5) is 0. The molecule has 0 unspecified atom stereocenters. The van der Waals surface area contributed by atoms with Crippen LogP contribution in [0, 0.1) is 6.92 Å². The number of hydrogen-bond acceptors (Lipinski definition) is 3. The van der Waals surface area contributed by atoms with Crippen LogP contribution in [-0.2, 0) is 19.6 Å². The predicted octanol–water partition coefficient (Wildman–Crippen LogP) is 2.89. The number of aryl methyl sites for hydroxylation is 2. The molecule has 0 saturated heterocycles. The van der Waals surface area contributed by atoms with Crippen molar-refractivity contribution in [2.75, 3.05) is 0 Å². The first-order valence-corrected chi connectivity index (χ1v) is 6.93. The number of aromatic nitrogens is 3. The fraction of sp³-hybridized carbons (Fsp3) is 0.467. The Morgan fingerprint density at radius 3 is 2.79 bits per heavy atom. The molecule has 0 amide bonds. The summed E-state index contributed by atoms with van der Waals surface area (Å²) in [5, 5.41) is 8.54. The van der Waals surface area contributed by atoms with Crippen LogP contribution in [0.5, 0.6) is 5.75 Å². The monoisotopic (exact) mass is 257 g/mol. The van der Waals surface area contributed by atoms with E-state index < -0.39 is 0 Å². The predicted molar refractivity (Wildman–Crippen MR) is 73.1 cm³/mol. The van der Waals surface area contributed by atoms with Gasteiger partial charge in [-0.15, -0.1) is 10.2 Å². The van der Waals surface area contributed by atoms with Gasteiger partial charge in [-0.25, -0.2) is 0 Å². The van der Waals surface area contributed by atoms with Gasteiger partial charge in [-0.05, 0) is 31.9 Å². The summed E-state index contributed by atoms with van der Waals surface area (Å²) in [5.74, 6) is 2.94. The van der Waals surface area contributed by atoms with E-state index in [2.05, 4.69) is 33.8 Å². The third-order valence-electron chi connectivity index (χ3n) is 3.58. The van der Waals surface area contributed by atoms with Crippen LogP contribution in [0.1, 0.15) is 36.5 Å². The lowest BCUT2D eigenvalue weighted by Gasteiger charge is -2.08. The number of benzene rings is 1. The summed E-state index contributed by atoms with van der Waals surface area (Å²) in [6, 6.07) is 8.10. The van der Waals surface area contributed by atoms with Gasteiger partial charge >= 0.3 is 0 Å². The minimum absolute atomic E-state index is 0.496. The summed E-state index contributed by atoms with van der Waals surface area (Å²) in [6.07, 6.45) is 4.75. The molecule has 0 fully saturated rings. The highest BCUT2D eigenvalue weighted by Gasteiger charge is 2.14. The molecular weight excluding hydrogens is 238 g/mol. The van der Waals surface area contributed by atoms with Crippen molar-refractivity contribution in [1.29, 1.82) is 0 Å². The fourth-order valence-electron chi connectivity index (χ4n) is 2.43. The lowest BCUT2D eigenvalue weighted by molar-refractivity contribution is 0.288. The van der Waals surface area contributed by atoms with E-state index in [1.807, 2.05) is 12.1 Å². The Balaban J connectivity index is 1.70. The maximum atomic E-state index is 5.79. The molecule has 0 aliphatic carbocycles. The number of hydrogen-bond donors (Lipinski definition) is 0. The first kappa shape index (κ1) is 12.2. The molecule has 4 heteroatoms. The topological polar surface area (TPSA) is 39.9 Å². The zero-order chi connectivity index (χ0) is 13.1. The van der Waals surface area contributed by atoms with Gasteiger partial charge in [0, 0.05) is 13.0 Å². The van der Waals surface area contributed by atoms with Gasteiger partial charge < -0.3 is 9.30 Å². The van der Waals surface area contributed by atoms with Crippen molar-refractivity contribution in [2.45, 2.75) is 45.8 Å². The van der Waals surface area contributed by atoms with Gasteiger partial charge in [0.05, 0.1) is 0 Å². The largest absolute Gasteiger partial charge is 0.486 e. The fourth-order valence-corrected chi connectivity index (χ4v) is 2.43. The maximum Gasteiger partial charge on any atom is 0.171 e. The number of ether oxygens (including phenoxy) is 1. The quantitative estimate of drug-likeness (QED) is 0.848. The Morgan fingerprint density at radius 1 is 1.11 bits per heavy atom. The molecule has 3 rings (SSSR count). The minimum Gasteiger partial charge on any atom is -0.486 e. The third kappa shape index (κ3) is 2.78. The molecule has 1 aromatic heterocycles. The van der Waals surface area contributed by atoms with E-state index in [1.165, 1.54) is 24.8 Å². The van der Waals surface area contributed by atoms with Crippen molar-refractivity contribution in [3.63, 3.8) is 0 Å². The molecule has 19 heavy (non-hydrogen) atoms. The van der Waals surface area contributed by atoms with Crippen LogP contribution in [0.3, 0.4) is 0 Å². The highest BCUT2D eigenvalue weighted by Crippen LogP contribution is 2.17. The lowest BCUT2D eigenvalue weighted by Crippen LogP contribution is -2.08. The zero-order valence-corrected chi connectivity index (χ0v) is 11.3. The van der Waals surface area contributed by atoms with Gasteiger partial charge in [0.15, 0.2) is 5.82 Å². The minimum atomic E-state index is 0.496. The molecule has 1 aromatic carbocycles. The van der Waals surface area contributed by atoms with Crippen molar-refractivity contribution >= 4 is 0 Å². The number of fused-ring (bicyclic) bond motifs is 1. The van der Waals surface area contributed by atoms with E-state index in [4.69, 9.17) is 4.74 Å². The van der Waals surface area contributed by atoms with Crippen molar-refractivity contribution < 1.29 is 4.74 Å². The molecule has 0 saturated carbocycles. The smallest absolute Gasteiger partial charge is 0.171 e. The highest BCUT2D eigenvalue weighted by atomic mass is 16.5. The molecular formula is C15H19N3O. The second-order valence-corrected chi connectivity index (χ2v) is 5.10. The van der Waals surface area contributed by atoms with Crippen molar-refractivity contribution in [3.8, 4) is 5.75 Å². The van der Waals surface area contributed by atoms with Gasteiger partial charge in [-0.1, -0.05) is 24.1 Å². The Bertz CT molecular complexity index is 545. The van der Waals surface area contributed by atoms with Gasteiger partial charge in [0.2, 0.25) is 0 Å². The van der Waals surface area contributed by atoms with Crippen LogP contribution in [0.4, 0.5) is 0 Å². The SMILES string of the molecule is Cc1ccc(OCc2nnc3n2CCCCC3)cc1. The van der Waals surface area contributed by atoms with E-state index >= 15 is 0 Å². The van der Waals surface area contributed by atoms with E-state index in [9.17, 15) is 0 Å².